The van der Waals surface area contributed by atoms with E-state index in [0.29, 0.717) is 12.6 Å². The van der Waals surface area contributed by atoms with E-state index < -0.39 is 0 Å². The lowest BCUT2D eigenvalue weighted by Crippen LogP contribution is -2.48. The van der Waals surface area contributed by atoms with Crippen molar-refractivity contribution in [3.8, 4) is 0 Å². The van der Waals surface area contributed by atoms with Gasteiger partial charge in [-0.3, -0.25) is 9.69 Å². The van der Waals surface area contributed by atoms with Crippen molar-refractivity contribution in [2.75, 3.05) is 19.6 Å². The second-order valence-corrected chi connectivity index (χ2v) is 3.83. The van der Waals surface area contributed by atoms with E-state index in [1.165, 1.54) is 25.7 Å². The van der Waals surface area contributed by atoms with Crippen molar-refractivity contribution in [2.24, 2.45) is 0 Å². The van der Waals surface area contributed by atoms with Crippen molar-refractivity contribution in [1.29, 1.82) is 0 Å². The number of nitrogens with zero attached hydrogens (tertiary/aromatic N) is 1. The molecule has 2 bridgehead atoms. The number of fused-ring (bicyclic) bond motifs is 6. The molecule has 0 radical (unpaired) electrons. The molecule has 0 aliphatic carbocycles. The fourth-order valence-corrected chi connectivity index (χ4v) is 2.16. The van der Waals surface area contributed by atoms with Gasteiger partial charge in [0.05, 0.1) is 6.54 Å². The highest BCUT2D eigenvalue weighted by Gasteiger charge is 2.22. The molecule has 3 aliphatic rings. The zero-order valence-electron chi connectivity index (χ0n) is 7.38. The van der Waals surface area contributed by atoms with Gasteiger partial charge < -0.3 is 5.32 Å². The van der Waals surface area contributed by atoms with E-state index in [-0.39, 0.29) is 5.91 Å². The standard InChI is InChI=1S/C9H16N2O/c12-9-7-11-5-1-3-8(10-9)4-2-6-11/h8H,1-7H2,(H,10,12). The monoisotopic (exact) mass is 168 g/mol. The molecule has 3 rings (SSSR count). The lowest BCUT2D eigenvalue weighted by atomic mass is 10.0. The molecule has 0 atom stereocenters. The maximum atomic E-state index is 11.3. The largest absolute Gasteiger partial charge is 0.352 e. The van der Waals surface area contributed by atoms with Crippen molar-refractivity contribution < 1.29 is 4.79 Å². The number of rotatable bonds is 0. The fourth-order valence-electron chi connectivity index (χ4n) is 2.16. The van der Waals surface area contributed by atoms with Crippen LogP contribution in [0.2, 0.25) is 0 Å². The van der Waals surface area contributed by atoms with Gasteiger partial charge in [0.25, 0.3) is 0 Å². The van der Waals surface area contributed by atoms with Crippen LogP contribution in [0.1, 0.15) is 25.7 Å². The molecular formula is C9H16N2O. The first-order chi connectivity index (χ1) is 5.84. The van der Waals surface area contributed by atoms with E-state index in [9.17, 15) is 4.79 Å². The van der Waals surface area contributed by atoms with Crippen molar-refractivity contribution in [1.82, 2.24) is 10.2 Å². The van der Waals surface area contributed by atoms with Gasteiger partial charge in [-0.15, -0.1) is 0 Å². The Kier molecular flexibility index (Phi) is 2.30. The lowest BCUT2D eigenvalue weighted by molar-refractivity contribution is -0.124. The van der Waals surface area contributed by atoms with Crippen LogP contribution in [0.4, 0.5) is 0 Å². The van der Waals surface area contributed by atoms with Gasteiger partial charge in [0.2, 0.25) is 5.91 Å². The maximum Gasteiger partial charge on any atom is 0.234 e. The van der Waals surface area contributed by atoms with Crippen LogP contribution >= 0.6 is 0 Å². The molecule has 3 nitrogen and oxygen atoms in total. The number of hydrogen-bond acceptors (Lipinski definition) is 2. The van der Waals surface area contributed by atoms with Crippen molar-refractivity contribution >= 4 is 5.91 Å². The molecule has 0 saturated carbocycles. The molecule has 0 aromatic rings. The van der Waals surface area contributed by atoms with Gasteiger partial charge in [-0.1, -0.05) is 0 Å². The summed E-state index contributed by atoms with van der Waals surface area (Å²) in [5.74, 6) is 0.222. The normalized spacial score (nSPS) is 36.5. The summed E-state index contributed by atoms with van der Waals surface area (Å²) in [4.78, 5) is 13.6. The Balaban J connectivity index is 2.06. The summed E-state index contributed by atoms with van der Waals surface area (Å²) < 4.78 is 0. The first-order valence-electron chi connectivity index (χ1n) is 4.86. The molecule has 3 aliphatic heterocycles. The molecule has 68 valence electrons. The first kappa shape index (κ1) is 8.05. The van der Waals surface area contributed by atoms with E-state index in [1.807, 2.05) is 0 Å². The average Bonchev–Trinajstić information content (AvgIpc) is 1.91. The van der Waals surface area contributed by atoms with Crippen LogP contribution in [0, 0.1) is 0 Å². The summed E-state index contributed by atoms with van der Waals surface area (Å²) in [6.45, 7) is 2.85. The number of amides is 1. The molecule has 3 saturated heterocycles. The lowest BCUT2D eigenvalue weighted by Gasteiger charge is -2.32. The summed E-state index contributed by atoms with van der Waals surface area (Å²) in [5.41, 5.74) is 0. The van der Waals surface area contributed by atoms with Crippen LogP contribution in [-0.2, 0) is 4.79 Å². The molecule has 3 heterocycles. The minimum atomic E-state index is 0.222. The quantitative estimate of drug-likeness (QED) is 0.566. The number of hydrogen-bond donors (Lipinski definition) is 1. The van der Waals surface area contributed by atoms with E-state index in [0.717, 1.165) is 13.1 Å². The minimum Gasteiger partial charge on any atom is -0.352 e. The van der Waals surface area contributed by atoms with Crippen LogP contribution in [0.15, 0.2) is 0 Å². The van der Waals surface area contributed by atoms with Crippen molar-refractivity contribution in [2.45, 2.75) is 31.7 Å². The predicted molar refractivity (Wildman–Crippen MR) is 46.8 cm³/mol. The zero-order valence-corrected chi connectivity index (χ0v) is 7.38. The third-order valence-corrected chi connectivity index (χ3v) is 2.79. The van der Waals surface area contributed by atoms with Crippen molar-refractivity contribution in [3.05, 3.63) is 0 Å². The van der Waals surface area contributed by atoms with Gasteiger partial charge >= 0.3 is 0 Å². The Morgan fingerprint density at radius 1 is 1.25 bits per heavy atom. The van der Waals surface area contributed by atoms with Gasteiger partial charge in [-0.25, -0.2) is 0 Å². The van der Waals surface area contributed by atoms with E-state index in [1.54, 1.807) is 0 Å². The summed E-state index contributed by atoms with van der Waals surface area (Å²) in [7, 11) is 0. The fraction of sp³-hybridized carbons (Fsp3) is 0.889. The van der Waals surface area contributed by atoms with Crippen LogP contribution in [0.3, 0.4) is 0 Å². The third kappa shape index (κ3) is 1.78. The molecule has 3 heteroatoms. The number of carbonyl (C=O) groups is 1. The number of carbonyl (C=O) groups excluding carboxylic acids is 1. The van der Waals surface area contributed by atoms with Gasteiger partial charge in [-0.2, -0.15) is 0 Å². The zero-order chi connectivity index (χ0) is 8.39. The first-order valence-corrected chi connectivity index (χ1v) is 4.86. The minimum absolute atomic E-state index is 0.222. The Labute approximate surface area is 73.1 Å². The van der Waals surface area contributed by atoms with Crippen LogP contribution in [0.25, 0.3) is 0 Å². The molecular weight excluding hydrogens is 152 g/mol. The molecule has 1 amide bonds. The smallest absolute Gasteiger partial charge is 0.234 e. The Morgan fingerprint density at radius 2 is 1.92 bits per heavy atom. The molecule has 0 aromatic carbocycles. The van der Waals surface area contributed by atoms with E-state index in [4.69, 9.17) is 0 Å². The molecule has 3 fully saturated rings. The van der Waals surface area contributed by atoms with Crippen LogP contribution in [-0.4, -0.2) is 36.5 Å². The Bertz CT molecular complexity index is 155. The summed E-state index contributed by atoms with van der Waals surface area (Å²) in [6, 6.07) is 0.472. The maximum absolute atomic E-state index is 11.3. The Hall–Kier alpha value is -0.570. The SMILES string of the molecule is O=C1CN2CCCC(CCC2)N1. The summed E-state index contributed by atoms with van der Waals surface area (Å²) in [6.07, 6.45) is 4.82. The molecule has 1 N–H and O–H groups in total. The molecule has 0 spiro atoms. The van der Waals surface area contributed by atoms with Gasteiger partial charge in [0.15, 0.2) is 0 Å². The van der Waals surface area contributed by atoms with E-state index in [2.05, 4.69) is 10.2 Å². The highest BCUT2D eigenvalue weighted by atomic mass is 16.2. The third-order valence-electron chi connectivity index (χ3n) is 2.79. The van der Waals surface area contributed by atoms with Gasteiger partial charge in [-0.05, 0) is 38.8 Å². The molecule has 0 unspecified atom stereocenters. The molecule has 0 aromatic heterocycles. The number of nitrogens with one attached hydrogen (secondary N) is 1. The van der Waals surface area contributed by atoms with Gasteiger partial charge in [0, 0.05) is 6.04 Å². The molecule has 12 heavy (non-hydrogen) atoms. The summed E-state index contributed by atoms with van der Waals surface area (Å²) in [5, 5.41) is 3.07. The second-order valence-electron chi connectivity index (χ2n) is 3.83. The topological polar surface area (TPSA) is 32.3 Å². The van der Waals surface area contributed by atoms with Crippen LogP contribution < -0.4 is 5.32 Å². The van der Waals surface area contributed by atoms with Crippen molar-refractivity contribution in [3.63, 3.8) is 0 Å². The Morgan fingerprint density at radius 3 is 2.58 bits per heavy atom. The van der Waals surface area contributed by atoms with Crippen LogP contribution in [0.5, 0.6) is 0 Å². The second kappa shape index (κ2) is 3.44. The highest BCUT2D eigenvalue weighted by Crippen LogP contribution is 2.13. The summed E-state index contributed by atoms with van der Waals surface area (Å²) >= 11 is 0. The van der Waals surface area contributed by atoms with Gasteiger partial charge in [0.1, 0.15) is 0 Å². The average molecular weight is 168 g/mol. The van der Waals surface area contributed by atoms with E-state index >= 15 is 0 Å². The predicted octanol–water partition coefficient (Wildman–Crippen LogP) is 0.361. The highest BCUT2D eigenvalue weighted by molar-refractivity contribution is 5.78.